The molecule has 1 aliphatic heterocycles. The van der Waals surface area contributed by atoms with Crippen LogP contribution < -0.4 is 9.47 Å². The van der Waals surface area contributed by atoms with Crippen LogP contribution in [0, 0.1) is 0 Å². The third kappa shape index (κ3) is 3.40. The third-order valence-electron chi connectivity index (χ3n) is 3.32. The molecule has 0 saturated heterocycles. The van der Waals surface area contributed by atoms with Gasteiger partial charge in [-0.05, 0) is 30.0 Å². The summed E-state index contributed by atoms with van der Waals surface area (Å²) >= 11 is 0. The number of methoxy groups -OCH3 is 1. The predicted octanol–water partition coefficient (Wildman–Crippen LogP) is 2.90. The molecule has 0 spiro atoms. The Balaban J connectivity index is 2.18. The van der Waals surface area contributed by atoms with Crippen LogP contribution in [-0.4, -0.2) is 26.3 Å². The number of carbonyl (C=O) groups is 1. The van der Waals surface area contributed by atoms with E-state index in [4.69, 9.17) is 14.2 Å². The van der Waals surface area contributed by atoms with Crippen LogP contribution in [0.1, 0.15) is 37.7 Å². The summed E-state index contributed by atoms with van der Waals surface area (Å²) in [7, 11) is 1.43. The molecule has 0 N–H and O–H groups in total. The number of hydrogen-bond donors (Lipinski definition) is 0. The molecule has 0 fully saturated rings. The van der Waals surface area contributed by atoms with Crippen LogP contribution in [0.15, 0.2) is 18.2 Å². The molecule has 0 aliphatic carbocycles. The molecular weight excluding hydrogens is 244 g/mol. The molecule has 2 rings (SSSR count). The summed E-state index contributed by atoms with van der Waals surface area (Å²) in [6, 6.07) is 5.91. The van der Waals surface area contributed by atoms with Gasteiger partial charge in [-0.1, -0.05) is 19.4 Å². The van der Waals surface area contributed by atoms with Crippen molar-refractivity contribution in [1.29, 1.82) is 0 Å². The molecule has 0 bridgehead atoms. The lowest BCUT2D eigenvalue weighted by Crippen LogP contribution is -2.16. The summed E-state index contributed by atoms with van der Waals surface area (Å²) in [5, 5.41) is 0. The maximum atomic E-state index is 11.5. The van der Waals surface area contributed by atoms with Crippen LogP contribution >= 0.6 is 0 Å². The molecule has 0 amide bonds. The van der Waals surface area contributed by atoms with Crippen molar-refractivity contribution in [3.8, 4) is 11.5 Å². The van der Waals surface area contributed by atoms with E-state index in [0.29, 0.717) is 19.6 Å². The molecule has 1 aromatic carbocycles. The number of fused-ring (bicyclic) bond motifs is 1. The minimum atomic E-state index is -0.173. The van der Waals surface area contributed by atoms with Crippen molar-refractivity contribution in [2.45, 2.75) is 32.1 Å². The largest absolute Gasteiger partial charge is 0.486 e. The van der Waals surface area contributed by atoms with Crippen molar-refractivity contribution in [2.24, 2.45) is 0 Å². The number of esters is 1. The molecule has 1 aromatic rings. The monoisotopic (exact) mass is 264 g/mol. The van der Waals surface area contributed by atoms with E-state index in [1.165, 1.54) is 7.11 Å². The average Bonchev–Trinajstić information content (AvgIpc) is 2.46. The number of carbonyl (C=O) groups excluding carboxylic acids is 1. The summed E-state index contributed by atoms with van der Waals surface area (Å²) in [5.41, 5.74) is 1.11. The van der Waals surface area contributed by atoms with E-state index in [0.717, 1.165) is 29.9 Å². The average molecular weight is 264 g/mol. The molecule has 4 heteroatoms. The first-order valence-corrected chi connectivity index (χ1v) is 6.71. The minimum absolute atomic E-state index is 0.173. The SMILES string of the molecule is CCCC(CC(=O)OC)c1ccc2c(c1)OCCO2. The highest BCUT2D eigenvalue weighted by atomic mass is 16.6. The van der Waals surface area contributed by atoms with Crippen molar-refractivity contribution in [3.63, 3.8) is 0 Å². The lowest BCUT2D eigenvalue weighted by atomic mass is 9.91. The van der Waals surface area contributed by atoms with Gasteiger partial charge >= 0.3 is 5.97 Å². The summed E-state index contributed by atoms with van der Waals surface area (Å²) in [6.45, 7) is 3.28. The standard InChI is InChI=1S/C15H20O4/c1-3-4-11(10-15(16)17-2)12-5-6-13-14(9-12)19-8-7-18-13/h5-6,9,11H,3-4,7-8,10H2,1-2H3. The second-order valence-electron chi connectivity index (χ2n) is 4.67. The fraction of sp³-hybridized carbons (Fsp3) is 0.533. The van der Waals surface area contributed by atoms with Crippen LogP contribution in [0.25, 0.3) is 0 Å². The second kappa shape index (κ2) is 6.45. The van der Waals surface area contributed by atoms with Gasteiger partial charge in [-0.2, -0.15) is 0 Å². The molecule has 104 valence electrons. The Morgan fingerprint density at radius 1 is 1.32 bits per heavy atom. The molecule has 0 radical (unpaired) electrons. The number of rotatable bonds is 5. The van der Waals surface area contributed by atoms with Gasteiger partial charge in [0, 0.05) is 0 Å². The van der Waals surface area contributed by atoms with Crippen molar-refractivity contribution >= 4 is 5.97 Å². The van der Waals surface area contributed by atoms with Crippen LogP contribution in [0.5, 0.6) is 11.5 Å². The van der Waals surface area contributed by atoms with E-state index in [1.54, 1.807) is 0 Å². The van der Waals surface area contributed by atoms with Gasteiger partial charge < -0.3 is 14.2 Å². The van der Waals surface area contributed by atoms with Crippen LogP contribution in [0.4, 0.5) is 0 Å². The Labute approximate surface area is 113 Å². The van der Waals surface area contributed by atoms with Crippen LogP contribution in [0.3, 0.4) is 0 Å². The Bertz CT molecular complexity index is 442. The predicted molar refractivity (Wildman–Crippen MR) is 71.7 cm³/mol. The number of hydrogen-bond acceptors (Lipinski definition) is 4. The smallest absolute Gasteiger partial charge is 0.306 e. The Morgan fingerprint density at radius 3 is 2.74 bits per heavy atom. The first-order valence-electron chi connectivity index (χ1n) is 6.71. The van der Waals surface area contributed by atoms with Crippen molar-refractivity contribution < 1.29 is 19.0 Å². The highest BCUT2D eigenvalue weighted by Crippen LogP contribution is 2.35. The van der Waals surface area contributed by atoms with E-state index < -0.39 is 0 Å². The first kappa shape index (κ1) is 13.7. The summed E-state index contributed by atoms with van der Waals surface area (Å²) in [5.74, 6) is 1.56. The summed E-state index contributed by atoms with van der Waals surface area (Å²) < 4.78 is 15.9. The Morgan fingerprint density at radius 2 is 2.05 bits per heavy atom. The lowest BCUT2D eigenvalue weighted by molar-refractivity contribution is -0.141. The number of ether oxygens (including phenoxy) is 3. The van der Waals surface area contributed by atoms with Crippen LogP contribution in [0.2, 0.25) is 0 Å². The minimum Gasteiger partial charge on any atom is -0.486 e. The van der Waals surface area contributed by atoms with Gasteiger partial charge in [-0.3, -0.25) is 4.79 Å². The van der Waals surface area contributed by atoms with Crippen molar-refractivity contribution in [2.75, 3.05) is 20.3 Å². The molecule has 0 aromatic heterocycles. The molecule has 1 atom stereocenters. The quantitative estimate of drug-likeness (QED) is 0.767. The fourth-order valence-corrected chi connectivity index (χ4v) is 2.33. The zero-order valence-corrected chi connectivity index (χ0v) is 11.5. The zero-order chi connectivity index (χ0) is 13.7. The first-order chi connectivity index (χ1) is 9.24. The normalized spacial score (nSPS) is 14.8. The second-order valence-corrected chi connectivity index (χ2v) is 4.67. The van der Waals surface area contributed by atoms with Gasteiger partial charge in [-0.25, -0.2) is 0 Å². The lowest BCUT2D eigenvalue weighted by Gasteiger charge is -2.21. The van der Waals surface area contributed by atoms with Gasteiger partial charge in [0.25, 0.3) is 0 Å². The molecule has 1 aliphatic rings. The summed E-state index contributed by atoms with van der Waals surface area (Å²) in [6.07, 6.45) is 2.38. The fourth-order valence-electron chi connectivity index (χ4n) is 2.33. The van der Waals surface area contributed by atoms with Crippen LogP contribution in [-0.2, 0) is 9.53 Å². The molecule has 19 heavy (non-hydrogen) atoms. The van der Waals surface area contributed by atoms with Gasteiger partial charge in [-0.15, -0.1) is 0 Å². The van der Waals surface area contributed by atoms with Gasteiger partial charge in [0.15, 0.2) is 11.5 Å². The maximum Gasteiger partial charge on any atom is 0.306 e. The van der Waals surface area contributed by atoms with E-state index in [2.05, 4.69) is 6.92 Å². The molecule has 1 unspecified atom stereocenters. The highest BCUT2D eigenvalue weighted by Gasteiger charge is 2.19. The molecular formula is C15H20O4. The highest BCUT2D eigenvalue weighted by molar-refractivity contribution is 5.70. The summed E-state index contributed by atoms with van der Waals surface area (Å²) in [4.78, 5) is 11.5. The van der Waals surface area contributed by atoms with E-state index in [-0.39, 0.29) is 11.9 Å². The molecule has 0 saturated carbocycles. The van der Waals surface area contributed by atoms with E-state index >= 15 is 0 Å². The van der Waals surface area contributed by atoms with Gasteiger partial charge in [0.05, 0.1) is 13.5 Å². The van der Waals surface area contributed by atoms with Gasteiger partial charge in [0.1, 0.15) is 13.2 Å². The van der Waals surface area contributed by atoms with Crippen molar-refractivity contribution in [3.05, 3.63) is 23.8 Å². The Hall–Kier alpha value is -1.71. The Kier molecular flexibility index (Phi) is 4.66. The molecule has 4 nitrogen and oxygen atoms in total. The zero-order valence-electron chi connectivity index (χ0n) is 11.5. The van der Waals surface area contributed by atoms with E-state index in [1.807, 2.05) is 18.2 Å². The van der Waals surface area contributed by atoms with E-state index in [9.17, 15) is 4.79 Å². The maximum absolute atomic E-state index is 11.5. The third-order valence-corrected chi connectivity index (χ3v) is 3.32. The number of benzene rings is 1. The molecule has 1 heterocycles. The van der Waals surface area contributed by atoms with Crippen molar-refractivity contribution in [1.82, 2.24) is 0 Å². The van der Waals surface area contributed by atoms with Gasteiger partial charge in [0.2, 0.25) is 0 Å². The topological polar surface area (TPSA) is 44.8 Å².